The van der Waals surface area contributed by atoms with Crippen molar-refractivity contribution in [2.75, 3.05) is 34.0 Å². The van der Waals surface area contributed by atoms with Gasteiger partial charge in [0, 0.05) is 25.4 Å². The summed E-state index contributed by atoms with van der Waals surface area (Å²) in [5.74, 6) is 1.47. The molecule has 0 radical (unpaired) electrons. The number of methoxy groups -OCH3 is 2. The monoisotopic (exact) mass is 314 g/mol. The van der Waals surface area contributed by atoms with Crippen molar-refractivity contribution in [3.63, 3.8) is 0 Å². The fourth-order valence-corrected chi connectivity index (χ4v) is 5.24. The van der Waals surface area contributed by atoms with Crippen molar-refractivity contribution in [2.45, 2.75) is 27.7 Å². The van der Waals surface area contributed by atoms with Gasteiger partial charge in [-0.05, 0) is 39.8 Å². The highest BCUT2D eigenvalue weighted by Gasteiger charge is 2.47. The SMILES string of the molecule is CCO[Si](OCC)(OCC)c1c(OC)ccc(OC)c1C. The van der Waals surface area contributed by atoms with Crippen LogP contribution in [0.15, 0.2) is 12.1 Å². The molecule has 0 atom stereocenters. The molecule has 0 N–H and O–H groups in total. The van der Waals surface area contributed by atoms with Crippen molar-refractivity contribution in [2.24, 2.45) is 0 Å². The first-order valence-corrected chi connectivity index (χ1v) is 8.96. The van der Waals surface area contributed by atoms with E-state index in [1.165, 1.54) is 0 Å². The predicted molar refractivity (Wildman–Crippen MR) is 84.5 cm³/mol. The zero-order valence-electron chi connectivity index (χ0n) is 13.8. The molecule has 0 unspecified atom stereocenters. The van der Waals surface area contributed by atoms with Gasteiger partial charge in [0.1, 0.15) is 11.5 Å². The van der Waals surface area contributed by atoms with E-state index in [0.717, 1.165) is 16.5 Å². The molecular weight excluding hydrogens is 288 g/mol. The van der Waals surface area contributed by atoms with Gasteiger partial charge in [-0.2, -0.15) is 0 Å². The van der Waals surface area contributed by atoms with Crippen LogP contribution in [0.25, 0.3) is 0 Å². The van der Waals surface area contributed by atoms with Crippen molar-refractivity contribution >= 4 is 14.0 Å². The Morgan fingerprint density at radius 2 is 1.24 bits per heavy atom. The number of benzene rings is 1. The lowest BCUT2D eigenvalue weighted by molar-refractivity contribution is 0.0852. The van der Waals surface area contributed by atoms with Gasteiger partial charge in [-0.3, -0.25) is 0 Å². The average molecular weight is 314 g/mol. The standard InChI is InChI=1S/C15H26O5Si/c1-7-18-21(19-8-2,20-9-3)15-12(4)13(16-5)10-11-14(15)17-6/h10-11H,7-9H2,1-6H3. The fraction of sp³-hybridized carbons (Fsp3) is 0.600. The summed E-state index contributed by atoms with van der Waals surface area (Å²) in [5, 5.41) is 0.843. The van der Waals surface area contributed by atoms with E-state index in [0.29, 0.717) is 25.6 Å². The molecule has 1 aromatic carbocycles. The second-order valence-corrected chi connectivity index (χ2v) is 6.80. The van der Waals surface area contributed by atoms with Gasteiger partial charge in [0.2, 0.25) is 0 Å². The van der Waals surface area contributed by atoms with Gasteiger partial charge >= 0.3 is 8.80 Å². The molecule has 0 spiro atoms. The Hall–Kier alpha value is -1.08. The first-order chi connectivity index (χ1) is 10.1. The van der Waals surface area contributed by atoms with E-state index in [-0.39, 0.29) is 0 Å². The highest BCUT2D eigenvalue weighted by molar-refractivity contribution is 6.76. The van der Waals surface area contributed by atoms with Crippen LogP contribution in [-0.2, 0) is 13.3 Å². The molecule has 1 rings (SSSR count). The van der Waals surface area contributed by atoms with Crippen LogP contribution in [0.2, 0.25) is 0 Å². The minimum atomic E-state index is -3.03. The van der Waals surface area contributed by atoms with Crippen LogP contribution in [0.3, 0.4) is 0 Å². The quantitative estimate of drug-likeness (QED) is 0.654. The maximum atomic E-state index is 5.98. The Morgan fingerprint density at radius 1 is 0.810 bits per heavy atom. The van der Waals surface area contributed by atoms with E-state index < -0.39 is 8.80 Å². The van der Waals surface area contributed by atoms with E-state index in [1.807, 2.05) is 39.8 Å². The molecular formula is C15H26O5Si. The van der Waals surface area contributed by atoms with Crippen LogP contribution >= 0.6 is 0 Å². The summed E-state index contributed by atoms with van der Waals surface area (Å²) in [6, 6.07) is 3.74. The second kappa shape index (κ2) is 8.38. The summed E-state index contributed by atoms with van der Waals surface area (Å²) in [4.78, 5) is 0. The summed E-state index contributed by atoms with van der Waals surface area (Å²) in [5.41, 5.74) is 0.930. The smallest absolute Gasteiger partial charge is 0.497 e. The van der Waals surface area contributed by atoms with Crippen LogP contribution in [-0.4, -0.2) is 42.8 Å². The van der Waals surface area contributed by atoms with Gasteiger partial charge in [-0.25, -0.2) is 0 Å². The van der Waals surface area contributed by atoms with Crippen molar-refractivity contribution in [1.29, 1.82) is 0 Å². The van der Waals surface area contributed by atoms with Gasteiger partial charge < -0.3 is 22.8 Å². The van der Waals surface area contributed by atoms with Crippen molar-refractivity contribution in [3.05, 3.63) is 17.7 Å². The lowest BCUT2D eigenvalue weighted by Gasteiger charge is -2.31. The molecule has 0 heterocycles. The van der Waals surface area contributed by atoms with Gasteiger partial charge in [-0.1, -0.05) is 0 Å². The minimum absolute atomic E-state index is 0.506. The van der Waals surface area contributed by atoms with Crippen molar-refractivity contribution < 1.29 is 22.8 Å². The van der Waals surface area contributed by atoms with Crippen LogP contribution < -0.4 is 14.7 Å². The molecule has 0 bridgehead atoms. The highest BCUT2D eigenvalue weighted by Crippen LogP contribution is 2.26. The number of rotatable bonds is 9. The minimum Gasteiger partial charge on any atom is -0.497 e. The molecule has 0 aliphatic rings. The topological polar surface area (TPSA) is 46.2 Å². The first-order valence-electron chi connectivity index (χ1n) is 7.24. The van der Waals surface area contributed by atoms with E-state index >= 15 is 0 Å². The van der Waals surface area contributed by atoms with Gasteiger partial charge in [-0.15, -0.1) is 0 Å². The molecule has 0 aliphatic heterocycles. The van der Waals surface area contributed by atoms with Crippen LogP contribution in [0.4, 0.5) is 0 Å². The van der Waals surface area contributed by atoms with Crippen LogP contribution in [0.5, 0.6) is 11.5 Å². The van der Waals surface area contributed by atoms with Crippen LogP contribution in [0, 0.1) is 6.92 Å². The molecule has 0 saturated heterocycles. The lowest BCUT2D eigenvalue weighted by Crippen LogP contribution is -2.58. The fourth-order valence-electron chi connectivity index (χ4n) is 2.35. The van der Waals surface area contributed by atoms with Crippen molar-refractivity contribution in [3.8, 4) is 11.5 Å². The Bertz CT molecular complexity index is 433. The average Bonchev–Trinajstić information content (AvgIpc) is 2.47. The Morgan fingerprint density at radius 3 is 1.62 bits per heavy atom. The van der Waals surface area contributed by atoms with Gasteiger partial charge in [0.05, 0.1) is 19.4 Å². The molecule has 0 amide bonds. The first kappa shape index (κ1) is 18.0. The third-order valence-electron chi connectivity index (χ3n) is 3.13. The normalized spacial score (nSPS) is 11.5. The summed E-state index contributed by atoms with van der Waals surface area (Å²) in [6.07, 6.45) is 0. The van der Waals surface area contributed by atoms with E-state index in [4.69, 9.17) is 22.8 Å². The van der Waals surface area contributed by atoms with Gasteiger partial charge in [0.15, 0.2) is 0 Å². The summed E-state index contributed by atoms with van der Waals surface area (Å²) >= 11 is 0. The van der Waals surface area contributed by atoms with E-state index in [9.17, 15) is 0 Å². The Labute approximate surface area is 128 Å². The lowest BCUT2D eigenvalue weighted by atomic mass is 10.2. The Kier molecular flexibility index (Phi) is 7.17. The Balaban J connectivity index is 3.53. The molecule has 21 heavy (non-hydrogen) atoms. The largest absolute Gasteiger partial charge is 0.541 e. The molecule has 0 saturated carbocycles. The predicted octanol–water partition coefficient (Wildman–Crippen LogP) is 2.27. The van der Waals surface area contributed by atoms with Gasteiger partial charge in [0.25, 0.3) is 0 Å². The summed E-state index contributed by atoms with van der Waals surface area (Å²) in [7, 11) is 0.241. The molecule has 0 aromatic heterocycles. The zero-order chi connectivity index (χ0) is 15.9. The molecule has 6 heteroatoms. The molecule has 1 aromatic rings. The highest BCUT2D eigenvalue weighted by atomic mass is 28.4. The summed E-state index contributed by atoms with van der Waals surface area (Å²) < 4.78 is 28.9. The third-order valence-corrected chi connectivity index (χ3v) is 6.37. The van der Waals surface area contributed by atoms with Crippen LogP contribution in [0.1, 0.15) is 26.3 Å². The molecule has 5 nitrogen and oxygen atoms in total. The maximum absolute atomic E-state index is 5.98. The number of hydrogen-bond acceptors (Lipinski definition) is 5. The third kappa shape index (κ3) is 3.77. The molecule has 120 valence electrons. The summed E-state index contributed by atoms with van der Waals surface area (Å²) in [6.45, 7) is 9.28. The maximum Gasteiger partial charge on any atom is 0.541 e. The molecule has 0 aliphatic carbocycles. The number of hydrogen-bond donors (Lipinski definition) is 0. The second-order valence-electron chi connectivity index (χ2n) is 4.33. The zero-order valence-corrected chi connectivity index (χ0v) is 14.8. The van der Waals surface area contributed by atoms with E-state index in [2.05, 4.69) is 0 Å². The van der Waals surface area contributed by atoms with E-state index in [1.54, 1.807) is 14.2 Å². The molecule has 0 fully saturated rings. The van der Waals surface area contributed by atoms with Crippen molar-refractivity contribution in [1.82, 2.24) is 0 Å². The number of ether oxygens (including phenoxy) is 2.